The van der Waals surface area contributed by atoms with Crippen LogP contribution in [0.3, 0.4) is 0 Å². The molecule has 29 heavy (non-hydrogen) atoms. The predicted molar refractivity (Wildman–Crippen MR) is 117 cm³/mol. The highest BCUT2D eigenvalue weighted by molar-refractivity contribution is 7.89. The van der Waals surface area contributed by atoms with Crippen molar-refractivity contribution in [2.75, 3.05) is 36.4 Å². The predicted octanol–water partition coefficient (Wildman–Crippen LogP) is 3.68. The molecule has 0 spiro atoms. The van der Waals surface area contributed by atoms with E-state index in [4.69, 9.17) is 11.6 Å². The van der Waals surface area contributed by atoms with E-state index >= 15 is 0 Å². The van der Waals surface area contributed by atoms with Crippen LogP contribution in [0.15, 0.2) is 41.3 Å². The maximum absolute atomic E-state index is 12.8. The molecule has 0 aliphatic carbocycles. The summed E-state index contributed by atoms with van der Waals surface area (Å²) < 4.78 is 27.0. The van der Waals surface area contributed by atoms with Gasteiger partial charge >= 0.3 is 0 Å². The molecule has 0 unspecified atom stereocenters. The first-order chi connectivity index (χ1) is 13.8. The van der Waals surface area contributed by atoms with Crippen molar-refractivity contribution in [1.29, 1.82) is 0 Å². The summed E-state index contributed by atoms with van der Waals surface area (Å²) in [5, 5.41) is 3.51. The second-order valence-corrected chi connectivity index (χ2v) is 9.36. The minimum atomic E-state index is -3.49. The van der Waals surface area contributed by atoms with E-state index in [9.17, 15) is 13.2 Å². The molecule has 8 heteroatoms. The van der Waals surface area contributed by atoms with Gasteiger partial charge in [-0.05, 0) is 54.8 Å². The summed E-state index contributed by atoms with van der Waals surface area (Å²) in [6, 6.07) is 10.6. The molecule has 0 bridgehead atoms. The first-order valence-electron chi connectivity index (χ1n) is 9.71. The first-order valence-corrected chi connectivity index (χ1v) is 11.5. The Labute approximate surface area is 177 Å². The van der Waals surface area contributed by atoms with Crippen LogP contribution >= 0.6 is 11.6 Å². The second-order valence-electron chi connectivity index (χ2n) is 7.01. The Kier molecular flexibility index (Phi) is 6.51. The van der Waals surface area contributed by atoms with Crippen molar-refractivity contribution in [3.63, 3.8) is 0 Å². The minimum absolute atomic E-state index is 0.136. The largest absolute Gasteiger partial charge is 0.362 e. The Balaban J connectivity index is 1.75. The molecule has 0 saturated heterocycles. The molecule has 0 saturated carbocycles. The zero-order chi connectivity index (χ0) is 21.2. The zero-order valence-electron chi connectivity index (χ0n) is 16.9. The topological polar surface area (TPSA) is 69.7 Å². The van der Waals surface area contributed by atoms with Gasteiger partial charge in [-0.3, -0.25) is 4.79 Å². The van der Waals surface area contributed by atoms with Crippen LogP contribution < -0.4 is 10.2 Å². The van der Waals surface area contributed by atoms with Crippen molar-refractivity contribution in [2.24, 2.45) is 0 Å². The summed E-state index contributed by atoms with van der Waals surface area (Å²) in [5.41, 5.74) is 3.38. The van der Waals surface area contributed by atoms with Gasteiger partial charge in [0.15, 0.2) is 0 Å². The van der Waals surface area contributed by atoms with E-state index in [1.54, 1.807) is 30.3 Å². The van der Waals surface area contributed by atoms with Gasteiger partial charge < -0.3 is 10.2 Å². The van der Waals surface area contributed by atoms with Gasteiger partial charge in [-0.15, -0.1) is 0 Å². The van der Waals surface area contributed by atoms with Crippen LogP contribution in [-0.4, -0.2) is 44.8 Å². The summed E-state index contributed by atoms with van der Waals surface area (Å²) in [4.78, 5) is 14.8. The third-order valence-electron chi connectivity index (χ3n) is 5.26. The van der Waals surface area contributed by atoms with Gasteiger partial charge in [0.25, 0.3) is 0 Å². The van der Waals surface area contributed by atoms with Crippen LogP contribution in [0.2, 0.25) is 5.02 Å². The second kappa shape index (κ2) is 8.73. The van der Waals surface area contributed by atoms with Gasteiger partial charge in [0.1, 0.15) is 0 Å². The molecule has 6 nitrogen and oxygen atoms in total. The van der Waals surface area contributed by atoms with Crippen LogP contribution in [0.25, 0.3) is 0 Å². The lowest BCUT2D eigenvalue weighted by molar-refractivity contribution is -0.115. The van der Waals surface area contributed by atoms with E-state index < -0.39 is 10.0 Å². The highest BCUT2D eigenvalue weighted by atomic mass is 35.5. The number of nitrogens with zero attached hydrogens (tertiary/aromatic N) is 2. The molecule has 0 fully saturated rings. The van der Waals surface area contributed by atoms with E-state index in [2.05, 4.69) is 5.32 Å². The fourth-order valence-corrected chi connectivity index (χ4v) is 5.27. The number of carbonyl (C=O) groups excluding carboxylic acids is 1. The third-order valence-corrected chi connectivity index (χ3v) is 7.72. The Morgan fingerprint density at radius 1 is 1.21 bits per heavy atom. The summed E-state index contributed by atoms with van der Waals surface area (Å²) in [7, 11) is -3.49. The molecule has 1 aliphatic rings. The molecule has 3 rings (SSSR count). The lowest BCUT2D eigenvalue weighted by Gasteiger charge is -2.21. The highest BCUT2D eigenvalue weighted by Gasteiger charge is 2.26. The quantitative estimate of drug-likeness (QED) is 0.720. The summed E-state index contributed by atoms with van der Waals surface area (Å²) in [5.74, 6) is -0.136. The summed E-state index contributed by atoms with van der Waals surface area (Å²) >= 11 is 6.12. The molecule has 2 aromatic rings. The van der Waals surface area contributed by atoms with Crippen molar-refractivity contribution in [3.8, 4) is 0 Å². The number of hydrogen-bond acceptors (Lipinski definition) is 4. The van der Waals surface area contributed by atoms with E-state index in [0.717, 1.165) is 16.8 Å². The normalized spacial score (nSPS) is 13.6. The monoisotopic (exact) mass is 435 g/mol. The zero-order valence-corrected chi connectivity index (χ0v) is 18.5. The van der Waals surface area contributed by atoms with Crippen molar-refractivity contribution in [3.05, 3.63) is 52.5 Å². The summed E-state index contributed by atoms with van der Waals surface area (Å²) in [6.07, 6.45) is 0.709. The Hall–Kier alpha value is -2.09. The standard InChI is InChI=1S/C21H26ClN3O3S/c1-4-25(5-2)29(27,28)17-9-10-20-16(13-17)11-12-24(20)14-21(26)23-19-8-6-7-18(22)15(19)3/h6-10,13H,4-5,11-12,14H2,1-3H3,(H,23,26). The van der Waals surface area contributed by atoms with Gasteiger partial charge in [-0.25, -0.2) is 8.42 Å². The molecule has 1 heterocycles. The van der Waals surface area contributed by atoms with Crippen molar-refractivity contribution < 1.29 is 13.2 Å². The first kappa shape index (κ1) is 21.6. The molecule has 156 valence electrons. The van der Waals surface area contributed by atoms with Crippen molar-refractivity contribution in [2.45, 2.75) is 32.1 Å². The maximum Gasteiger partial charge on any atom is 0.243 e. The molecular weight excluding hydrogens is 410 g/mol. The third kappa shape index (κ3) is 4.42. The van der Waals surface area contributed by atoms with Crippen LogP contribution in [-0.2, 0) is 21.2 Å². The highest BCUT2D eigenvalue weighted by Crippen LogP contribution is 2.31. The van der Waals surface area contributed by atoms with Crippen molar-refractivity contribution in [1.82, 2.24) is 4.31 Å². The van der Waals surface area contributed by atoms with E-state index in [1.165, 1.54) is 4.31 Å². The van der Waals surface area contributed by atoms with E-state index in [0.29, 0.717) is 41.7 Å². The van der Waals surface area contributed by atoms with Gasteiger partial charge in [0.05, 0.1) is 11.4 Å². The molecular formula is C21H26ClN3O3S. The van der Waals surface area contributed by atoms with Gasteiger partial charge in [0.2, 0.25) is 15.9 Å². The molecule has 2 aromatic carbocycles. The number of sulfonamides is 1. The number of amides is 1. The lowest BCUT2D eigenvalue weighted by Crippen LogP contribution is -2.32. The lowest BCUT2D eigenvalue weighted by atomic mass is 10.2. The number of fused-ring (bicyclic) bond motifs is 1. The molecule has 1 amide bonds. The number of nitrogens with one attached hydrogen (secondary N) is 1. The average molecular weight is 436 g/mol. The summed E-state index contributed by atoms with van der Waals surface area (Å²) in [6.45, 7) is 7.26. The Morgan fingerprint density at radius 2 is 1.93 bits per heavy atom. The Bertz CT molecular complexity index is 1020. The van der Waals surface area contributed by atoms with Crippen LogP contribution in [0.1, 0.15) is 25.0 Å². The van der Waals surface area contributed by atoms with Gasteiger partial charge in [0, 0.05) is 36.0 Å². The smallest absolute Gasteiger partial charge is 0.243 e. The van der Waals surface area contributed by atoms with Crippen LogP contribution in [0, 0.1) is 6.92 Å². The number of rotatable bonds is 7. The number of anilines is 2. The Morgan fingerprint density at radius 3 is 2.62 bits per heavy atom. The van der Waals surface area contributed by atoms with E-state index in [-0.39, 0.29) is 12.5 Å². The fourth-order valence-electron chi connectivity index (χ4n) is 3.59. The van der Waals surface area contributed by atoms with Gasteiger partial charge in [-0.1, -0.05) is 31.5 Å². The van der Waals surface area contributed by atoms with Crippen molar-refractivity contribution >= 4 is 38.9 Å². The molecule has 0 radical (unpaired) electrons. The average Bonchev–Trinajstić information content (AvgIpc) is 3.08. The fraction of sp³-hybridized carbons (Fsp3) is 0.381. The maximum atomic E-state index is 12.8. The number of carbonyl (C=O) groups is 1. The van der Waals surface area contributed by atoms with E-state index in [1.807, 2.05) is 31.7 Å². The molecule has 0 aromatic heterocycles. The SMILES string of the molecule is CCN(CC)S(=O)(=O)c1ccc2c(c1)CCN2CC(=O)Nc1cccc(Cl)c1C. The minimum Gasteiger partial charge on any atom is -0.362 e. The van der Waals surface area contributed by atoms with Gasteiger partial charge in [-0.2, -0.15) is 4.31 Å². The number of hydrogen-bond donors (Lipinski definition) is 1. The van der Waals surface area contributed by atoms with Crippen LogP contribution in [0.4, 0.5) is 11.4 Å². The number of halogens is 1. The number of benzene rings is 2. The molecule has 1 aliphatic heterocycles. The van der Waals surface area contributed by atoms with Crippen LogP contribution in [0.5, 0.6) is 0 Å². The molecule has 0 atom stereocenters. The molecule has 1 N–H and O–H groups in total.